The van der Waals surface area contributed by atoms with Crippen molar-refractivity contribution in [1.29, 1.82) is 0 Å². The number of carboxylic acid groups (broad SMARTS) is 1. The average Bonchev–Trinajstić information content (AvgIpc) is 3.22. The van der Waals surface area contributed by atoms with E-state index in [-0.39, 0.29) is 30.5 Å². The third-order valence-electron chi connectivity index (χ3n) is 5.70. The summed E-state index contributed by atoms with van der Waals surface area (Å²) in [5.74, 6) is 5.34. The molecule has 1 unspecified atom stereocenters. The van der Waals surface area contributed by atoms with Crippen molar-refractivity contribution in [3.63, 3.8) is 0 Å². The van der Waals surface area contributed by atoms with Crippen LogP contribution in [0.2, 0.25) is 0 Å². The van der Waals surface area contributed by atoms with Crippen molar-refractivity contribution in [2.75, 3.05) is 6.54 Å². The Kier molecular flexibility index (Phi) is 7.11. The molecule has 1 fully saturated rings. The number of allylic oxidation sites excluding steroid dienone is 1. The summed E-state index contributed by atoms with van der Waals surface area (Å²) in [7, 11) is 0. The van der Waals surface area contributed by atoms with Crippen LogP contribution in [0.25, 0.3) is 0 Å². The number of aliphatic carboxylic acids is 1. The fraction of sp³-hybridized carbons (Fsp3) is 0.458. The Morgan fingerprint density at radius 2 is 2.06 bits per heavy atom. The van der Waals surface area contributed by atoms with Crippen molar-refractivity contribution in [3.05, 3.63) is 59.9 Å². The summed E-state index contributed by atoms with van der Waals surface area (Å²) >= 11 is 0. The van der Waals surface area contributed by atoms with E-state index in [1.165, 1.54) is 12.1 Å². The Bertz CT molecular complexity index is 887. The lowest BCUT2D eigenvalue weighted by Crippen LogP contribution is -2.48. The first kappa shape index (κ1) is 23.0. The van der Waals surface area contributed by atoms with Gasteiger partial charge in [-0.05, 0) is 55.0 Å². The van der Waals surface area contributed by atoms with Crippen molar-refractivity contribution in [1.82, 2.24) is 4.90 Å². The van der Waals surface area contributed by atoms with E-state index in [1.807, 2.05) is 13.0 Å². The van der Waals surface area contributed by atoms with E-state index in [0.717, 1.165) is 17.7 Å². The zero-order valence-corrected chi connectivity index (χ0v) is 17.4. The Balaban J connectivity index is 1.94. The number of piperidine rings is 1. The third kappa shape index (κ3) is 5.92. The zero-order chi connectivity index (χ0) is 22.6. The van der Waals surface area contributed by atoms with Gasteiger partial charge in [0.05, 0.1) is 11.8 Å². The maximum absolute atomic E-state index is 13.0. The highest BCUT2D eigenvalue weighted by Crippen LogP contribution is 2.39. The normalized spacial score (nSPS) is 24.7. The second kappa shape index (κ2) is 9.61. The maximum atomic E-state index is 13.0. The van der Waals surface area contributed by atoms with Crippen LogP contribution in [-0.4, -0.2) is 34.7 Å². The van der Waals surface area contributed by atoms with Gasteiger partial charge in [0.1, 0.15) is 12.1 Å². The van der Waals surface area contributed by atoms with Gasteiger partial charge in [0, 0.05) is 25.4 Å². The first-order chi connectivity index (χ1) is 14.6. The molecular formula is C24H26F3NO3. The minimum Gasteiger partial charge on any atom is -0.495 e. The van der Waals surface area contributed by atoms with Crippen LogP contribution in [0.4, 0.5) is 13.2 Å². The van der Waals surface area contributed by atoms with Crippen molar-refractivity contribution in [3.8, 4) is 11.8 Å². The van der Waals surface area contributed by atoms with Crippen LogP contribution < -0.4 is 0 Å². The van der Waals surface area contributed by atoms with Crippen LogP contribution in [0.1, 0.15) is 49.8 Å². The molecular weight excluding hydrogens is 407 g/mol. The van der Waals surface area contributed by atoms with Gasteiger partial charge in [0.25, 0.3) is 0 Å². The lowest BCUT2D eigenvalue weighted by Gasteiger charge is -2.43. The molecule has 0 spiro atoms. The first-order valence-corrected chi connectivity index (χ1v) is 10.3. The monoisotopic (exact) mass is 433 g/mol. The molecule has 166 valence electrons. The van der Waals surface area contributed by atoms with Crippen molar-refractivity contribution >= 4 is 5.97 Å². The fourth-order valence-electron chi connectivity index (χ4n) is 4.24. The third-order valence-corrected chi connectivity index (χ3v) is 5.70. The molecule has 2 heterocycles. The van der Waals surface area contributed by atoms with Gasteiger partial charge in [0.15, 0.2) is 0 Å². The predicted molar refractivity (Wildman–Crippen MR) is 111 cm³/mol. The molecule has 4 atom stereocenters. The molecule has 0 aliphatic carbocycles. The number of alkyl halides is 3. The Labute approximate surface area is 180 Å². The Morgan fingerprint density at radius 3 is 2.61 bits per heavy atom. The number of likely N-dealkylation sites (tertiary alicyclic amines) is 1. The van der Waals surface area contributed by atoms with Crippen LogP contribution in [-0.2, 0) is 15.7 Å². The largest absolute Gasteiger partial charge is 0.495 e. The summed E-state index contributed by atoms with van der Waals surface area (Å²) in [6.45, 7) is 6.23. The molecule has 1 aromatic carbocycles. The quantitative estimate of drug-likeness (QED) is 0.650. The molecule has 1 N–H and O–H groups in total. The van der Waals surface area contributed by atoms with Gasteiger partial charge in [0.2, 0.25) is 0 Å². The summed E-state index contributed by atoms with van der Waals surface area (Å²) in [5.41, 5.74) is 0.724. The van der Waals surface area contributed by atoms with E-state index in [1.54, 1.807) is 6.26 Å². The molecule has 0 aromatic heterocycles. The fourth-order valence-corrected chi connectivity index (χ4v) is 4.24. The molecule has 2 aliphatic heterocycles. The number of benzene rings is 1. The van der Waals surface area contributed by atoms with E-state index >= 15 is 0 Å². The molecule has 1 aromatic rings. The van der Waals surface area contributed by atoms with E-state index in [9.17, 15) is 23.1 Å². The molecule has 0 saturated carbocycles. The number of halogens is 3. The molecule has 4 nitrogen and oxygen atoms in total. The first-order valence-electron chi connectivity index (χ1n) is 10.3. The van der Waals surface area contributed by atoms with Gasteiger partial charge in [-0.1, -0.05) is 30.6 Å². The van der Waals surface area contributed by atoms with Crippen molar-refractivity contribution in [2.45, 2.75) is 57.0 Å². The minimum absolute atomic E-state index is 0.0363. The van der Waals surface area contributed by atoms with Gasteiger partial charge in [-0.25, -0.2) is 0 Å². The smallest absolute Gasteiger partial charge is 0.416 e. The highest BCUT2D eigenvalue weighted by molar-refractivity contribution is 5.67. The van der Waals surface area contributed by atoms with E-state index in [2.05, 4.69) is 23.3 Å². The summed E-state index contributed by atoms with van der Waals surface area (Å²) in [4.78, 5) is 13.4. The predicted octanol–water partition coefficient (Wildman–Crippen LogP) is 5.18. The lowest BCUT2D eigenvalue weighted by atomic mass is 9.83. The zero-order valence-electron chi connectivity index (χ0n) is 17.4. The molecule has 3 rings (SSSR count). The SMILES string of the molecule is C=C(C)C#C[C@H](C1CC=CO1)N1CC[C@@H](CC(=O)O)C[C@H]1c1ccc(C(F)(F)F)cc1. The van der Waals surface area contributed by atoms with E-state index in [0.29, 0.717) is 31.4 Å². The number of ether oxygens (including phenoxy) is 1. The number of carboxylic acids is 1. The maximum Gasteiger partial charge on any atom is 0.416 e. The lowest BCUT2D eigenvalue weighted by molar-refractivity contribution is -0.139. The second-order valence-corrected chi connectivity index (χ2v) is 8.14. The topological polar surface area (TPSA) is 49.8 Å². The molecule has 0 bridgehead atoms. The molecule has 31 heavy (non-hydrogen) atoms. The number of hydrogen-bond donors (Lipinski definition) is 1. The van der Waals surface area contributed by atoms with Gasteiger partial charge in [-0.3, -0.25) is 9.69 Å². The summed E-state index contributed by atoms with van der Waals surface area (Å²) in [6, 6.07) is 4.59. The standard InChI is InChI=1S/C24H26F3NO3/c1-16(2)5-10-20(22-4-3-13-31-22)28-12-11-17(15-23(29)30)14-21(28)18-6-8-19(9-7-18)24(25,26)27/h3,6-9,13,17,20-22H,1,4,11-12,14-15H2,2H3,(H,29,30)/t17-,20-,21+,22?/m1/s1. The molecule has 0 radical (unpaired) electrons. The van der Waals surface area contributed by atoms with E-state index in [4.69, 9.17) is 4.74 Å². The van der Waals surface area contributed by atoms with E-state index < -0.39 is 17.7 Å². The number of nitrogens with zero attached hydrogens (tertiary/aromatic N) is 1. The number of carbonyl (C=O) groups is 1. The Hall–Kier alpha value is -2.72. The van der Waals surface area contributed by atoms with Crippen LogP contribution >= 0.6 is 0 Å². The van der Waals surface area contributed by atoms with Crippen molar-refractivity contribution < 1.29 is 27.8 Å². The van der Waals surface area contributed by atoms with Crippen molar-refractivity contribution in [2.24, 2.45) is 5.92 Å². The van der Waals surface area contributed by atoms with Gasteiger partial charge < -0.3 is 9.84 Å². The van der Waals surface area contributed by atoms with Gasteiger partial charge in [-0.2, -0.15) is 13.2 Å². The van der Waals surface area contributed by atoms with Gasteiger partial charge >= 0.3 is 12.1 Å². The molecule has 0 amide bonds. The highest BCUT2D eigenvalue weighted by Gasteiger charge is 2.39. The summed E-state index contributed by atoms with van der Waals surface area (Å²) in [6.07, 6.45) is 0.890. The Morgan fingerprint density at radius 1 is 1.35 bits per heavy atom. The van der Waals surface area contributed by atoms with Crippen LogP contribution in [0.15, 0.2) is 48.8 Å². The molecule has 1 saturated heterocycles. The van der Waals surface area contributed by atoms with Crippen LogP contribution in [0, 0.1) is 17.8 Å². The molecule has 2 aliphatic rings. The second-order valence-electron chi connectivity index (χ2n) is 8.14. The van der Waals surface area contributed by atoms with Crippen LogP contribution in [0.3, 0.4) is 0 Å². The molecule has 7 heteroatoms. The number of rotatable bonds is 5. The summed E-state index contributed by atoms with van der Waals surface area (Å²) in [5, 5.41) is 9.24. The minimum atomic E-state index is -4.41. The van der Waals surface area contributed by atoms with Crippen LogP contribution in [0.5, 0.6) is 0 Å². The number of hydrogen-bond acceptors (Lipinski definition) is 3. The summed E-state index contributed by atoms with van der Waals surface area (Å²) < 4.78 is 44.8. The average molecular weight is 433 g/mol. The van der Waals surface area contributed by atoms with Gasteiger partial charge in [-0.15, -0.1) is 0 Å². The highest BCUT2D eigenvalue weighted by atomic mass is 19.4.